The predicted octanol–water partition coefficient (Wildman–Crippen LogP) is 1.78. The summed E-state index contributed by atoms with van der Waals surface area (Å²) in [6.07, 6.45) is 2.18. The molecule has 1 unspecified atom stereocenters. The van der Waals surface area contributed by atoms with E-state index in [0.29, 0.717) is 0 Å². The first kappa shape index (κ1) is 11.9. The molecule has 1 spiro atoms. The van der Waals surface area contributed by atoms with Crippen molar-refractivity contribution < 1.29 is 9.13 Å². The van der Waals surface area contributed by atoms with Crippen molar-refractivity contribution in [1.82, 2.24) is 5.32 Å². The molecule has 0 amide bonds. The van der Waals surface area contributed by atoms with Crippen LogP contribution in [0.2, 0.25) is 0 Å². The summed E-state index contributed by atoms with van der Waals surface area (Å²) in [4.78, 5) is 2.24. The maximum Gasteiger partial charge on any atom is 0.125 e. The summed E-state index contributed by atoms with van der Waals surface area (Å²) >= 11 is 0. The molecule has 2 saturated heterocycles. The quantitative estimate of drug-likeness (QED) is 0.822. The van der Waals surface area contributed by atoms with Gasteiger partial charge in [-0.05, 0) is 31.0 Å². The lowest BCUT2D eigenvalue weighted by Gasteiger charge is -2.45. The fourth-order valence-corrected chi connectivity index (χ4v) is 2.96. The lowest BCUT2D eigenvalue weighted by molar-refractivity contribution is -0.0725. The van der Waals surface area contributed by atoms with Gasteiger partial charge in [-0.2, -0.15) is 0 Å². The number of anilines is 1. The van der Waals surface area contributed by atoms with Crippen molar-refractivity contribution in [1.29, 1.82) is 0 Å². The van der Waals surface area contributed by atoms with Gasteiger partial charge >= 0.3 is 0 Å². The molecule has 0 saturated carbocycles. The molecule has 2 fully saturated rings. The van der Waals surface area contributed by atoms with E-state index in [-0.39, 0.29) is 11.4 Å². The topological polar surface area (TPSA) is 24.5 Å². The van der Waals surface area contributed by atoms with Crippen LogP contribution in [0, 0.1) is 5.82 Å². The molecule has 0 aromatic heterocycles. The number of rotatable bonds is 1. The number of hydrogen-bond donors (Lipinski definition) is 1. The van der Waals surface area contributed by atoms with Gasteiger partial charge in [-0.25, -0.2) is 4.39 Å². The zero-order valence-corrected chi connectivity index (χ0v) is 10.5. The molecule has 1 aromatic carbocycles. The van der Waals surface area contributed by atoms with E-state index >= 15 is 0 Å². The Hall–Kier alpha value is -1.13. The van der Waals surface area contributed by atoms with Crippen molar-refractivity contribution in [3.63, 3.8) is 0 Å². The maximum absolute atomic E-state index is 13.3. The average molecular weight is 250 g/mol. The highest BCUT2D eigenvalue weighted by molar-refractivity contribution is 5.47. The molecule has 1 N–H and O–H groups in total. The molecular formula is C14H19FN2O. The highest BCUT2D eigenvalue weighted by Crippen LogP contribution is 2.29. The molecule has 0 radical (unpaired) electrons. The Morgan fingerprint density at radius 2 is 2.33 bits per heavy atom. The van der Waals surface area contributed by atoms with Crippen LogP contribution in [-0.2, 0) is 4.74 Å². The lowest BCUT2D eigenvalue weighted by Crippen LogP contribution is -2.58. The average Bonchev–Trinajstić information content (AvgIpc) is 2.40. The summed E-state index contributed by atoms with van der Waals surface area (Å²) in [6, 6.07) is 6.83. The van der Waals surface area contributed by atoms with Crippen LogP contribution in [0.5, 0.6) is 0 Å². The molecule has 2 heterocycles. The second-order valence-corrected chi connectivity index (χ2v) is 5.21. The number of morpholine rings is 1. The molecule has 4 heteroatoms. The number of benzene rings is 1. The number of ether oxygens (including phenoxy) is 1. The molecule has 18 heavy (non-hydrogen) atoms. The van der Waals surface area contributed by atoms with Gasteiger partial charge in [0.15, 0.2) is 0 Å². The maximum atomic E-state index is 13.3. The molecule has 1 aromatic rings. The molecule has 3 nitrogen and oxygen atoms in total. The van der Waals surface area contributed by atoms with Crippen LogP contribution in [0.3, 0.4) is 0 Å². The summed E-state index contributed by atoms with van der Waals surface area (Å²) in [6.45, 7) is 4.44. The third-order valence-corrected chi connectivity index (χ3v) is 3.85. The van der Waals surface area contributed by atoms with Crippen LogP contribution in [0.25, 0.3) is 0 Å². The Bertz CT molecular complexity index is 413. The van der Waals surface area contributed by atoms with Crippen molar-refractivity contribution in [3.05, 3.63) is 30.1 Å². The van der Waals surface area contributed by atoms with Crippen LogP contribution in [0.1, 0.15) is 12.8 Å². The van der Waals surface area contributed by atoms with Gasteiger partial charge in [0, 0.05) is 31.9 Å². The van der Waals surface area contributed by atoms with Gasteiger partial charge in [0.05, 0.1) is 12.2 Å². The van der Waals surface area contributed by atoms with Crippen molar-refractivity contribution in [3.8, 4) is 0 Å². The van der Waals surface area contributed by atoms with Crippen LogP contribution in [0.15, 0.2) is 24.3 Å². The fourth-order valence-electron chi connectivity index (χ4n) is 2.96. The summed E-state index contributed by atoms with van der Waals surface area (Å²) < 4.78 is 19.3. The zero-order valence-electron chi connectivity index (χ0n) is 10.5. The van der Waals surface area contributed by atoms with Crippen LogP contribution < -0.4 is 10.2 Å². The van der Waals surface area contributed by atoms with E-state index in [2.05, 4.69) is 10.2 Å². The number of piperidine rings is 1. The van der Waals surface area contributed by atoms with E-state index in [1.807, 2.05) is 6.07 Å². The first-order valence-electron chi connectivity index (χ1n) is 6.63. The van der Waals surface area contributed by atoms with Gasteiger partial charge in [0.2, 0.25) is 0 Å². The first-order valence-corrected chi connectivity index (χ1v) is 6.63. The molecule has 2 aliphatic rings. The molecule has 2 aliphatic heterocycles. The summed E-state index contributed by atoms with van der Waals surface area (Å²) in [7, 11) is 0. The Kier molecular flexibility index (Phi) is 3.22. The Morgan fingerprint density at radius 3 is 3.11 bits per heavy atom. The van der Waals surface area contributed by atoms with Gasteiger partial charge < -0.3 is 15.0 Å². The van der Waals surface area contributed by atoms with Crippen LogP contribution in [0.4, 0.5) is 10.1 Å². The minimum Gasteiger partial charge on any atom is -0.371 e. The Balaban J connectivity index is 1.77. The molecule has 0 bridgehead atoms. The van der Waals surface area contributed by atoms with Gasteiger partial charge in [-0.1, -0.05) is 6.07 Å². The number of hydrogen-bond acceptors (Lipinski definition) is 3. The van der Waals surface area contributed by atoms with E-state index < -0.39 is 0 Å². The second-order valence-electron chi connectivity index (χ2n) is 5.21. The van der Waals surface area contributed by atoms with Gasteiger partial charge in [0.1, 0.15) is 5.82 Å². The van der Waals surface area contributed by atoms with Crippen LogP contribution >= 0.6 is 0 Å². The van der Waals surface area contributed by atoms with Gasteiger partial charge in [-0.15, -0.1) is 0 Å². The van der Waals surface area contributed by atoms with E-state index in [1.54, 1.807) is 12.1 Å². The Morgan fingerprint density at radius 1 is 1.39 bits per heavy atom. The SMILES string of the molecule is Fc1cccc(N2CCCC3(CNCCO3)C2)c1. The fraction of sp³-hybridized carbons (Fsp3) is 0.571. The zero-order chi connectivity index (χ0) is 12.4. The molecule has 1 atom stereocenters. The number of nitrogens with one attached hydrogen (secondary N) is 1. The minimum atomic E-state index is -0.171. The van der Waals surface area contributed by atoms with Crippen molar-refractivity contribution in [2.75, 3.05) is 37.7 Å². The van der Waals surface area contributed by atoms with Crippen molar-refractivity contribution >= 4 is 5.69 Å². The van der Waals surface area contributed by atoms with Crippen molar-refractivity contribution in [2.24, 2.45) is 0 Å². The normalized spacial score (nSPS) is 28.6. The predicted molar refractivity (Wildman–Crippen MR) is 69.4 cm³/mol. The minimum absolute atomic E-state index is 0.0805. The first-order chi connectivity index (χ1) is 8.77. The number of nitrogens with zero attached hydrogens (tertiary/aromatic N) is 1. The monoisotopic (exact) mass is 250 g/mol. The Labute approximate surface area is 107 Å². The third kappa shape index (κ3) is 2.35. The molecule has 3 rings (SSSR count). The highest BCUT2D eigenvalue weighted by atomic mass is 19.1. The summed E-state index contributed by atoms with van der Waals surface area (Å²) in [5, 5.41) is 3.40. The van der Waals surface area contributed by atoms with E-state index in [1.165, 1.54) is 6.07 Å². The van der Waals surface area contributed by atoms with Crippen molar-refractivity contribution in [2.45, 2.75) is 18.4 Å². The summed E-state index contributed by atoms with van der Waals surface area (Å²) in [5.74, 6) is -0.171. The number of halogens is 1. The molecule has 98 valence electrons. The molecular weight excluding hydrogens is 231 g/mol. The molecule has 0 aliphatic carbocycles. The van der Waals surface area contributed by atoms with Crippen LogP contribution in [-0.4, -0.2) is 38.4 Å². The standard InChI is InChI=1S/C14H19FN2O/c15-12-3-1-4-13(9-12)17-7-2-5-14(11-17)10-16-6-8-18-14/h1,3-4,9,16H,2,5-8,10-11H2. The highest BCUT2D eigenvalue weighted by Gasteiger charge is 2.37. The third-order valence-electron chi connectivity index (χ3n) is 3.85. The van der Waals surface area contributed by atoms with Gasteiger partial charge in [0.25, 0.3) is 0 Å². The van der Waals surface area contributed by atoms with E-state index in [4.69, 9.17) is 4.74 Å². The lowest BCUT2D eigenvalue weighted by atomic mass is 9.91. The summed E-state index contributed by atoms with van der Waals surface area (Å²) in [5.41, 5.74) is 0.881. The van der Waals surface area contributed by atoms with Gasteiger partial charge in [-0.3, -0.25) is 0 Å². The van der Waals surface area contributed by atoms with E-state index in [9.17, 15) is 4.39 Å². The van der Waals surface area contributed by atoms with E-state index in [0.717, 1.165) is 51.3 Å². The smallest absolute Gasteiger partial charge is 0.125 e. The second kappa shape index (κ2) is 4.86. The largest absolute Gasteiger partial charge is 0.371 e.